The van der Waals surface area contributed by atoms with Gasteiger partial charge in [0.1, 0.15) is 11.9 Å². The van der Waals surface area contributed by atoms with E-state index in [4.69, 9.17) is 11.0 Å². The van der Waals surface area contributed by atoms with E-state index in [0.717, 1.165) is 18.2 Å². The molecule has 2 rings (SSSR count). The highest BCUT2D eigenvalue weighted by atomic mass is 15.0. The maximum Gasteiger partial charge on any atom is 0.165 e. The predicted molar refractivity (Wildman–Crippen MR) is 68.4 cm³/mol. The summed E-state index contributed by atoms with van der Waals surface area (Å²) in [6, 6.07) is 6.03. The summed E-state index contributed by atoms with van der Waals surface area (Å²) in [7, 11) is 0. The summed E-state index contributed by atoms with van der Waals surface area (Å²) in [5.74, 6) is 1.64. The Morgan fingerprint density at radius 3 is 2.94 bits per heavy atom. The Hall–Kier alpha value is -1.76. The van der Waals surface area contributed by atoms with Crippen LogP contribution >= 0.6 is 0 Å². The molecule has 0 bridgehead atoms. The van der Waals surface area contributed by atoms with Gasteiger partial charge in [-0.25, -0.2) is 4.98 Å². The second kappa shape index (κ2) is 5.05. The summed E-state index contributed by atoms with van der Waals surface area (Å²) in [4.78, 5) is 4.21. The first-order valence-corrected chi connectivity index (χ1v) is 6.16. The van der Waals surface area contributed by atoms with Crippen LogP contribution in [0.4, 0.5) is 11.5 Å². The molecule has 1 aliphatic rings. The van der Waals surface area contributed by atoms with Crippen molar-refractivity contribution >= 4 is 11.5 Å². The Balaban J connectivity index is 2.03. The first-order valence-electron chi connectivity index (χ1n) is 6.16. The van der Waals surface area contributed by atoms with Gasteiger partial charge in [-0.2, -0.15) is 5.26 Å². The van der Waals surface area contributed by atoms with Crippen LogP contribution in [0.25, 0.3) is 0 Å². The number of nitrogens with one attached hydrogen (secondary N) is 1. The molecule has 1 fully saturated rings. The van der Waals surface area contributed by atoms with Gasteiger partial charge in [-0.05, 0) is 30.9 Å². The SMILES string of the molecule is CCC(CC1CC1)Nc1ccc(N)c(C#N)n1. The molecule has 1 heterocycles. The van der Waals surface area contributed by atoms with E-state index in [1.807, 2.05) is 12.1 Å². The van der Waals surface area contributed by atoms with E-state index in [1.165, 1.54) is 19.3 Å². The van der Waals surface area contributed by atoms with Crippen LogP contribution in [0.1, 0.15) is 38.3 Å². The average molecular weight is 230 g/mol. The largest absolute Gasteiger partial charge is 0.396 e. The molecule has 0 radical (unpaired) electrons. The van der Waals surface area contributed by atoms with Crippen molar-refractivity contribution in [1.82, 2.24) is 4.98 Å². The van der Waals surface area contributed by atoms with Crippen molar-refractivity contribution in [1.29, 1.82) is 5.26 Å². The Bertz CT molecular complexity index is 432. The molecule has 90 valence electrons. The molecule has 0 aliphatic heterocycles. The molecule has 1 atom stereocenters. The molecule has 1 aromatic rings. The highest BCUT2D eigenvalue weighted by Gasteiger charge is 2.24. The molecular weight excluding hydrogens is 212 g/mol. The summed E-state index contributed by atoms with van der Waals surface area (Å²) in [6.07, 6.45) is 4.99. The molecule has 1 aromatic heterocycles. The van der Waals surface area contributed by atoms with Gasteiger partial charge in [0.05, 0.1) is 5.69 Å². The molecule has 0 saturated heterocycles. The molecular formula is C13H18N4. The molecule has 3 N–H and O–H groups in total. The van der Waals surface area contributed by atoms with E-state index in [2.05, 4.69) is 17.2 Å². The molecule has 1 aliphatic carbocycles. The molecule has 4 heteroatoms. The number of pyridine rings is 1. The molecule has 0 amide bonds. The smallest absolute Gasteiger partial charge is 0.165 e. The molecule has 4 nitrogen and oxygen atoms in total. The van der Waals surface area contributed by atoms with Crippen LogP contribution in [-0.4, -0.2) is 11.0 Å². The van der Waals surface area contributed by atoms with Crippen molar-refractivity contribution in [3.63, 3.8) is 0 Å². The lowest BCUT2D eigenvalue weighted by molar-refractivity contribution is 0.585. The Labute approximate surface area is 102 Å². The van der Waals surface area contributed by atoms with Crippen LogP contribution < -0.4 is 11.1 Å². The number of nitriles is 1. The number of hydrogen-bond acceptors (Lipinski definition) is 4. The van der Waals surface area contributed by atoms with Crippen molar-refractivity contribution in [2.45, 2.75) is 38.6 Å². The van der Waals surface area contributed by atoms with Crippen LogP contribution in [-0.2, 0) is 0 Å². The fourth-order valence-corrected chi connectivity index (χ4v) is 1.93. The van der Waals surface area contributed by atoms with E-state index < -0.39 is 0 Å². The van der Waals surface area contributed by atoms with Gasteiger partial charge in [0.2, 0.25) is 0 Å². The number of rotatable bonds is 5. The summed E-state index contributed by atoms with van der Waals surface area (Å²) in [5.41, 5.74) is 6.38. The van der Waals surface area contributed by atoms with Crippen LogP contribution in [0.3, 0.4) is 0 Å². The molecule has 1 saturated carbocycles. The van der Waals surface area contributed by atoms with Crippen molar-refractivity contribution in [3.05, 3.63) is 17.8 Å². The summed E-state index contributed by atoms with van der Waals surface area (Å²) in [6.45, 7) is 2.17. The summed E-state index contributed by atoms with van der Waals surface area (Å²) >= 11 is 0. The average Bonchev–Trinajstić information content (AvgIpc) is 3.14. The lowest BCUT2D eigenvalue weighted by Crippen LogP contribution is -2.20. The molecule has 17 heavy (non-hydrogen) atoms. The zero-order valence-corrected chi connectivity index (χ0v) is 10.1. The third-order valence-corrected chi connectivity index (χ3v) is 3.19. The number of nitrogens with two attached hydrogens (primary N) is 1. The van der Waals surface area contributed by atoms with Gasteiger partial charge in [0.25, 0.3) is 0 Å². The van der Waals surface area contributed by atoms with Crippen molar-refractivity contribution in [3.8, 4) is 6.07 Å². The van der Waals surface area contributed by atoms with E-state index in [1.54, 1.807) is 6.07 Å². The van der Waals surface area contributed by atoms with E-state index in [-0.39, 0.29) is 0 Å². The van der Waals surface area contributed by atoms with Crippen molar-refractivity contribution in [2.24, 2.45) is 5.92 Å². The third kappa shape index (κ3) is 3.10. The van der Waals surface area contributed by atoms with Gasteiger partial charge < -0.3 is 11.1 Å². The van der Waals surface area contributed by atoms with Gasteiger partial charge in [0.15, 0.2) is 5.69 Å². The zero-order chi connectivity index (χ0) is 12.3. The van der Waals surface area contributed by atoms with E-state index >= 15 is 0 Å². The van der Waals surface area contributed by atoms with Gasteiger partial charge in [-0.15, -0.1) is 0 Å². The zero-order valence-electron chi connectivity index (χ0n) is 10.1. The third-order valence-electron chi connectivity index (χ3n) is 3.19. The fourth-order valence-electron chi connectivity index (χ4n) is 1.93. The Kier molecular flexibility index (Phi) is 3.48. The van der Waals surface area contributed by atoms with Crippen molar-refractivity contribution < 1.29 is 0 Å². The van der Waals surface area contributed by atoms with Crippen molar-refractivity contribution in [2.75, 3.05) is 11.1 Å². The number of hydrogen-bond donors (Lipinski definition) is 2. The lowest BCUT2D eigenvalue weighted by Gasteiger charge is -2.17. The van der Waals surface area contributed by atoms with Crippen LogP contribution in [0.2, 0.25) is 0 Å². The summed E-state index contributed by atoms with van der Waals surface area (Å²) in [5, 5.41) is 12.3. The fraction of sp³-hybridized carbons (Fsp3) is 0.538. The van der Waals surface area contributed by atoms with Crippen LogP contribution in [0.15, 0.2) is 12.1 Å². The minimum Gasteiger partial charge on any atom is -0.396 e. The molecule has 0 aromatic carbocycles. The minimum atomic E-state index is 0.302. The monoisotopic (exact) mass is 230 g/mol. The number of nitrogen functional groups attached to an aromatic ring is 1. The van der Waals surface area contributed by atoms with Gasteiger partial charge in [0, 0.05) is 6.04 Å². The lowest BCUT2D eigenvalue weighted by atomic mass is 10.1. The standard InChI is InChI=1S/C13H18N4/c1-2-10(7-9-3-4-9)16-13-6-5-11(15)12(8-14)17-13/h5-6,9-10H,2-4,7,15H2,1H3,(H,16,17). The number of anilines is 2. The predicted octanol–water partition coefficient (Wildman–Crippen LogP) is 2.53. The normalized spacial score (nSPS) is 16.2. The number of aromatic nitrogens is 1. The van der Waals surface area contributed by atoms with Gasteiger partial charge in [-0.3, -0.25) is 0 Å². The maximum atomic E-state index is 8.87. The first-order chi connectivity index (χ1) is 8.22. The van der Waals surface area contributed by atoms with Crippen LogP contribution in [0, 0.1) is 17.2 Å². The van der Waals surface area contributed by atoms with Gasteiger partial charge in [-0.1, -0.05) is 19.8 Å². The van der Waals surface area contributed by atoms with E-state index in [0.29, 0.717) is 17.4 Å². The number of nitrogens with zero attached hydrogens (tertiary/aromatic N) is 2. The highest BCUT2D eigenvalue weighted by molar-refractivity contribution is 5.54. The highest BCUT2D eigenvalue weighted by Crippen LogP contribution is 2.34. The molecule has 1 unspecified atom stereocenters. The quantitative estimate of drug-likeness (QED) is 0.815. The van der Waals surface area contributed by atoms with Crippen LogP contribution in [0.5, 0.6) is 0 Å². The Morgan fingerprint density at radius 2 is 2.35 bits per heavy atom. The van der Waals surface area contributed by atoms with E-state index in [9.17, 15) is 0 Å². The Morgan fingerprint density at radius 1 is 1.59 bits per heavy atom. The minimum absolute atomic E-state index is 0.302. The summed E-state index contributed by atoms with van der Waals surface area (Å²) < 4.78 is 0. The maximum absolute atomic E-state index is 8.87. The first kappa shape index (κ1) is 11.7. The molecule has 0 spiro atoms. The second-order valence-corrected chi connectivity index (χ2v) is 4.67. The topological polar surface area (TPSA) is 74.7 Å². The van der Waals surface area contributed by atoms with Gasteiger partial charge >= 0.3 is 0 Å². The second-order valence-electron chi connectivity index (χ2n) is 4.67.